The van der Waals surface area contributed by atoms with Crippen LogP contribution in [0.15, 0.2) is 16.6 Å². The van der Waals surface area contributed by atoms with Crippen LogP contribution in [0.5, 0.6) is 5.75 Å². The summed E-state index contributed by atoms with van der Waals surface area (Å²) < 4.78 is 6.66. The fourth-order valence-corrected chi connectivity index (χ4v) is 2.88. The third kappa shape index (κ3) is 4.11. The highest BCUT2D eigenvalue weighted by Crippen LogP contribution is 2.32. The lowest BCUT2D eigenvalue weighted by Crippen LogP contribution is -2.22. The van der Waals surface area contributed by atoms with Gasteiger partial charge in [0.15, 0.2) is 0 Å². The molecule has 0 atom stereocenters. The molecule has 1 amide bonds. The Balaban J connectivity index is 1.91. The molecule has 3 nitrogen and oxygen atoms in total. The summed E-state index contributed by atoms with van der Waals surface area (Å²) in [7, 11) is 0. The maximum atomic E-state index is 11.7. The van der Waals surface area contributed by atoms with Crippen LogP contribution in [0, 0.1) is 0 Å². The molecule has 0 saturated heterocycles. The van der Waals surface area contributed by atoms with E-state index in [1.165, 1.54) is 5.56 Å². The number of amides is 1. The molecule has 0 aliphatic carbocycles. The van der Waals surface area contributed by atoms with Crippen molar-refractivity contribution in [2.24, 2.45) is 0 Å². The molecule has 104 valence electrons. The van der Waals surface area contributed by atoms with Gasteiger partial charge in [0.05, 0.1) is 6.61 Å². The van der Waals surface area contributed by atoms with Gasteiger partial charge in [-0.1, -0.05) is 15.9 Å². The molecule has 1 heterocycles. The van der Waals surface area contributed by atoms with Crippen molar-refractivity contribution >= 4 is 33.4 Å². The van der Waals surface area contributed by atoms with E-state index in [9.17, 15) is 4.79 Å². The molecule has 0 unspecified atom stereocenters. The summed E-state index contributed by atoms with van der Waals surface area (Å²) in [5.74, 6) is 1.61. The van der Waals surface area contributed by atoms with Crippen LogP contribution in [-0.2, 0) is 17.8 Å². The summed E-state index contributed by atoms with van der Waals surface area (Å²) >= 11 is 9.08. The Bertz CT molecular complexity index is 465. The first-order valence-corrected chi connectivity index (χ1v) is 7.80. The Morgan fingerprint density at radius 1 is 1.42 bits per heavy atom. The fourth-order valence-electron chi connectivity index (χ4n) is 2.14. The number of halogens is 2. The molecule has 1 aliphatic heterocycles. The second-order valence-electron chi connectivity index (χ2n) is 4.57. The normalized spacial score (nSPS) is 12.9. The summed E-state index contributed by atoms with van der Waals surface area (Å²) in [5, 5.41) is 2.93. The summed E-state index contributed by atoms with van der Waals surface area (Å²) in [6.45, 7) is 1.24. The van der Waals surface area contributed by atoms with Crippen LogP contribution in [0.4, 0.5) is 0 Å². The van der Waals surface area contributed by atoms with E-state index in [1.807, 2.05) is 6.07 Å². The summed E-state index contributed by atoms with van der Waals surface area (Å²) in [4.78, 5) is 11.7. The standard InChI is InChI=1S/C14H17BrClNO2/c15-12-7-10-4-6-19-14(10)11(8-12)9-17-13(18)3-1-2-5-16/h7-8H,1-6,9H2,(H,17,18). The Hall–Kier alpha value is -0.740. The predicted octanol–water partition coefficient (Wildman–Crippen LogP) is 3.41. The lowest BCUT2D eigenvalue weighted by atomic mass is 10.1. The van der Waals surface area contributed by atoms with E-state index in [4.69, 9.17) is 16.3 Å². The minimum Gasteiger partial charge on any atom is -0.493 e. The quantitative estimate of drug-likeness (QED) is 0.633. The molecule has 19 heavy (non-hydrogen) atoms. The summed E-state index contributed by atoms with van der Waals surface area (Å²) in [5.41, 5.74) is 2.24. The van der Waals surface area contributed by atoms with Gasteiger partial charge < -0.3 is 10.1 Å². The van der Waals surface area contributed by atoms with Crippen molar-refractivity contribution in [1.82, 2.24) is 5.32 Å². The summed E-state index contributed by atoms with van der Waals surface area (Å²) in [6, 6.07) is 4.08. The molecule has 0 radical (unpaired) electrons. The third-order valence-electron chi connectivity index (χ3n) is 3.09. The molecule has 0 bridgehead atoms. The second kappa shape index (κ2) is 7.15. The molecule has 0 spiro atoms. The number of fused-ring (bicyclic) bond motifs is 1. The Kier molecular flexibility index (Phi) is 5.52. The van der Waals surface area contributed by atoms with Crippen molar-refractivity contribution in [3.63, 3.8) is 0 Å². The maximum absolute atomic E-state index is 11.7. The van der Waals surface area contributed by atoms with Crippen molar-refractivity contribution in [2.75, 3.05) is 12.5 Å². The predicted molar refractivity (Wildman–Crippen MR) is 79.8 cm³/mol. The van der Waals surface area contributed by atoms with E-state index in [0.29, 0.717) is 18.8 Å². The number of carbonyl (C=O) groups excluding carboxylic acids is 1. The zero-order valence-electron chi connectivity index (χ0n) is 10.7. The van der Waals surface area contributed by atoms with Crippen molar-refractivity contribution in [2.45, 2.75) is 32.2 Å². The molecule has 1 aromatic carbocycles. The van der Waals surface area contributed by atoms with Crippen LogP contribution >= 0.6 is 27.5 Å². The van der Waals surface area contributed by atoms with Gasteiger partial charge in [0.1, 0.15) is 5.75 Å². The Labute approximate surface area is 126 Å². The van der Waals surface area contributed by atoms with Gasteiger partial charge in [-0.15, -0.1) is 11.6 Å². The molecule has 0 aromatic heterocycles. The number of unbranched alkanes of at least 4 members (excludes halogenated alkanes) is 1. The second-order valence-corrected chi connectivity index (χ2v) is 5.87. The van der Waals surface area contributed by atoms with Crippen LogP contribution in [0.1, 0.15) is 30.4 Å². The number of benzene rings is 1. The molecule has 1 N–H and O–H groups in total. The van der Waals surface area contributed by atoms with Gasteiger partial charge in [-0.3, -0.25) is 4.79 Å². The minimum atomic E-state index is 0.0665. The van der Waals surface area contributed by atoms with Gasteiger partial charge in [-0.05, 0) is 30.5 Å². The highest BCUT2D eigenvalue weighted by molar-refractivity contribution is 9.10. The minimum absolute atomic E-state index is 0.0665. The van der Waals surface area contributed by atoms with Crippen molar-refractivity contribution < 1.29 is 9.53 Å². The fraction of sp³-hybridized carbons (Fsp3) is 0.500. The third-order valence-corrected chi connectivity index (χ3v) is 3.81. The van der Waals surface area contributed by atoms with Gasteiger partial charge in [0, 0.05) is 35.3 Å². The first-order chi connectivity index (χ1) is 9.20. The molecule has 1 aliphatic rings. The molecule has 0 fully saturated rings. The average molecular weight is 347 g/mol. The SMILES string of the molecule is O=C(CCCCCl)NCc1cc(Br)cc2c1OCC2. The van der Waals surface area contributed by atoms with E-state index < -0.39 is 0 Å². The number of carbonyl (C=O) groups is 1. The Morgan fingerprint density at radius 3 is 3.05 bits per heavy atom. The monoisotopic (exact) mass is 345 g/mol. The smallest absolute Gasteiger partial charge is 0.220 e. The first-order valence-electron chi connectivity index (χ1n) is 6.47. The summed E-state index contributed by atoms with van der Waals surface area (Å²) in [6.07, 6.45) is 3.18. The van der Waals surface area contributed by atoms with Crippen LogP contribution < -0.4 is 10.1 Å². The van der Waals surface area contributed by atoms with Gasteiger partial charge >= 0.3 is 0 Å². The molecule has 1 aromatic rings. The zero-order valence-corrected chi connectivity index (χ0v) is 13.0. The molecular formula is C14H17BrClNO2. The van der Waals surface area contributed by atoms with Crippen molar-refractivity contribution in [1.29, 1.82) is 0 Å². The van der Waals surface area contributed by atoms with E-state index in [2.05, 4.69) is 27.3 Å². The maximum Gasteiger partial charge on any atom is 0.220 e. The van der Waals surface area contributed by atoms with Gasteiger partial charge in [-0.25, -0.2) is 0 Å². The Morgan fingerprint density at radius 2 is 2.26 bits per heavy atom. The number of rotatable bonds is 6. The number of hydrogen-bond acceptors (Lipinski definition) is 2. The molecule has 2 rings (SSSR count). The van der Waals surface area contributed by atoms with Gasteiger partial charge in [-0.2, -0.15) is 0 Å². The lowest BCUT2D eigenvalue weighted by molar-refractivity contribution is -0.121. The van der Waals surface area contributed by atoms with Crippen LogP contribution in [-0.4, -0.2) is 18.4 Å². The highest BCUT2D eigenvalue weighted by Gasteiger charge is 2.17. The zero-order chi connectivity index (χ0) is 13.7. The van der Waals surface area contributed by atoms with E-state index in [0.717, 1.165) is 41.7 Å². The van der Waals surface area contributed by atoms with Gasteiger partial charge in [0.2, 0.25) is 5.91 Å². The van der Waals surface area contributed by atoms with E-state index in [1.54, 1.807) is 0 Å². The van der Waals surface area contributed by atoms with Crippen LogP contribution in [0.25, 0.3) is 0 Å². The largest absolute Gasteiger partial charge is 0.493 e. The number of ether oxygens (including phenoxy) is 1. The van der Waals surface area contributed by atoms with Gasteiger partial charge in [0.25, 0.3) is 0 Å². The lowest BCUT2D eigenvalue weighted by Gasteiger charge is -2.10. The first kappa shape index (κ1) is 14.7. The number of hydrogen-bond donors (Lipinski definition) is 1. The molecule has 5 heteroatoms. The van der Waals surface area contributed by atoms with Crippen LogP contribution in [0.2, 0.25) is 0 Å². The van der Waals surface area contributed by atoms with E-state index >= 15 is 0 Å². The number of alkyl halides is 1. The molecular weight excluding hydrogens is 330 g/mol. The topological polar surface area (TPSA) is 38.3 Å². The average Bonchev–Trinajstić information content (AvgIpc) is 2.84. The van der Waals surface area contributed by atoms with Crippen molar-refractivity contribution in [3.8, 4) is 5.75 Å². The highest BCUT2D eigenvalue weighted by atomic mass is 79.9. The number of nitrogens with one attached hydrogen (secondary N) is 1. The van der Waals surface area contributed by atoms with Crippen LogP contribution in [0.3, 0.4) is 0 Å². The van der Waals surface area contributed by atoms with E-state index in [-0.39, 0.29) is 5.91 Å². The van der Waals surface area contributed by atoms with Crippen molar-refractivity contribution in [3.05, 3.63) is 27.7 Å². The molecule has 0 saturated carbocycles.